The lowest BCUT2D eigenvalue weighted by Crippen LogP contribution is -2.30. The lowest BCUT2D eigenvalue weighted by atomic mass is 10.2. The molecule has 1 aromatic heterocycles. The van der Waals surface area contributed by atoms with E-state index in [-0.39, 0.29) is 0 Å². The number of hydrogen-bond donors (Lipinski definition) is 1. The Labute approximate surface area is 111 Å². The first kappa shape index (κ1) is 14.2. The van der Waals surface area contributed by atoms with Crippen molar-refractivity contribution in [3.8, 4) is 0 Å². The van der Waals surface area contributed by atoms with E-state index < -0.39 is 0 Å². The number of hydrogen-bond acceptors (Lipinski definition) is 3. The highest BCUT2D eigenvalue weighted by atomic mass is 79.9. The van der Waals surface area contributed by atoms with Crippen LogP contribution in [0.2, 0.25) is 0 Å². The number of thiophene rings is 1. The van der Waals surface area contributed by atoms with Crippen molar-refractivity contribution in [1.82, 2.24) is 10.2 Å². The van der Waals surface area contributed by atoms with E-state index in [9.17, 15) is 0 Å². The molecule has 0 saturated carbocycles. The first-order valence-electron chi connectivity index (χ1n) is 5.70. The Kier molecular flexibility index (Phi) is 6.58. The molecule has 0 spiro atoms. The lowest BCUT2D eigenvalue weighted by molar-refractivity contribution is 0.324. The minimum absolute atomic E-state index is 0.735. The van der Waals surface area contributed by atoms with E-state index >= 15 is 0 Å². The average molecular weight is 305 g/mol. The minimum Gasteiger partial charge on any atom is -0.315 e. The zero-order chi connectivity index (χ0) is 12.0. The Morgan fingerprint density at radius 3 is 2.81 bits per heavy atom. The van der Waals surface area contributed by atoms with Crippen molar-refractivity contribution < 1.29 is 0 Å². The number of rotatable bonds is 7. The van der Waals surface area contributed by atoms with E-state index in [2.05, 4.69) is 58.5 Å². The molecule has 0 aliphatic rings. The Morgan fingerprint density at radius 1 is 1.50 bits per heavy atom. The molecule has 1 N–H and O–H groups in total. The zero-order valence-electron chi connectivity index (χ0n) is 10.3. The molecule has 16 heavy (non-hydrogen) atoms. The molecule has 1 aromatic rings. The van der Waals surface area contributed by atoms with Crippen LogP contribution in [0.5, 0.6) is 0 Å². The predicted octanol–water partition coefficient (Wildman–Crippen LogP) is 3.19. The Morgan fingerprint density at radius 2 is 2.25 bits per heavy atom. The van der Waals surface area contributed by atoms with Gasteiger partial charge < -0.3 is 10.2 Å². The van der Waals surface area contributed by atoms with E-state index in [1.807, 2.05) is 11.3 Å². The second kappa shape index (κ2) is 7.43. The molecule has 92 valence electrons. The summed E-state index contributed by atoms with van der Waals surface area (Å²) in [5.41, 5.74) is 0. The molecule has 0 amide bonds. The van der Waals surface area contributed by atoms with E-state index in [1.165, 1.54) is 9.35 Å². The van der Waals surface area contributed by atoms with E-state index in [4.69, 9.17) is 0 Å². The van der Waals surface area contributed by atoms with Crippen molar-refractivity contribution >= 4 is 27.3 Å². The minimum atomic E-state index is 0.735. The summed E-state index contributed by atoms with van der Waals surface area (Å²) in [5.74, 6) is 0.735. The quantitative estimate of drug-likeness (QED) is 0.778. The van der Waals surface area contributed by atoms with Crippen molar-refractivity contribution in [1.29, 1.82) is 0 Å². The van der Waals surface area contributed by atoms with Crippen LogP contribution in [0.1, 0.15) is 18.7 Å². The van der Waals surface area contributed by atoms with Crippen molar-refractivity contribution in [2.45, 2.75) is 20.4 Å². The van der Waals surface area contributed by atoms with Gasteiger partial charge in [-0.25, -0.2) is 0 Å². The lowest BCUT2D eigenvalue weighted by Gasteiger charge is -2.16. The fraction of sp³-hybridized carbons (Fsp3) is 0.667. The predicted molar refractivity (Wildman–Crippen MR) is 76.1 cm³/mol. The van der Waals surface area contributed by atoms with Gasteiger partial charge >= 0.3 is 0 Å². The summed E-state index contributed by atoms with van der Waals surface area (Å²) in [4.78, 5) is 3.77. The van der Waals surface area contributed by atoms with E-state index in [1.54, 1.807) is 0 Å². The Hall–Kier alpha value is 0.1000. The maximum atomic E-state index is 3.48. The summed E-state index contributed by atoms with van der Waals surface area (Å²) in [6, 6.07) is 2.20. The topological polar surface area (TPSA) is 15.3 Å². The van der Waals surface area contributed by atoms with Gasteiger partial charge in [0.25, 0.3) is 0 Å². The maximum Gasteiger partial charge on any atom is 0.0325 e. The molecule has 0 atom stereocenters. The first-order valence-corrected chi connectivity index (χ1v) is 7.37. The van der Waals surface area contributed by atoms with Gasteiger partial charge in [0.15, 0.2) is 0 Å². The van der Waals surface area contributed by atoms with E-state index in [0.29, 0.717) is 0 Å². The van der Waals surface area contributed by atoms with Gasteiger partial charge in [-0.15, -0.1) is 11.3 Å². The third-order valence-electron chi connectivity index (χ3n) is 2.27. The van der Waals surface area contributed by atoms with Gasteiger partial charge in [-0.05, 0) is 41.5 Å². The molecular formula is C12H21BrN2S. The summed E-state index contributed by atoms with van der Waals surface area (Å²) in [6.45, 7) is 8.79. The molecule has 0 bridgehead atoms. The summed E-state index contributed by atoms with van der Waals surface area (Å²) < 4.78 is 1.19. The fourth-order valence-electron chi connectivity index (χ4n) is 1.44. The molecule has 0 fully saturated rings. The van der Waals surface area contributed by atoms with Gasteiger partial charge in [-0.3, -0.25) is 0 Å². The van der Waals surface area contributed by atoms with Crippen LogP contribution >= 0.6 is 27.3 Å². The van der Waals surface area contributed by atoms with Gasteiger partial charge in [0.05, 0.1) is 0 Å². The second-order valence-electron chi connectivity index (χ2n) is 4.57. The van der Waals surface area contributed by atoms with Gasteiger partial charge in [0, 0.05) is 34.4 Å². The molecule has 4 heteroatoms. The van der Waals surface area contributed by atoms with Crippen LogP contribution in [0.3, 0.4) is 0 Å². The molecule has 1 rings (SSSR count). The normalized spacial score (nSPS) is 11.6. The molecule has 0 radical (unpaired) electrons. The monoisotopic (exact) mass is 304 g/mol. The first-order chi connectivity index (χ1) is 7.58. The molecule has 0 aliphatic carbocycles. The largest absolute Gasteiger partial charge is 0.315 e. The number of nitrogens with zero attached hydrogens (tertiary/aromatic N) is 1. The maximum absolute atomic E-state index is 3.48. The van der Waals surface area contributed by atoms with Crippen LogP contribution in [0, 0.1) is 5.92 Å². The van der Waals surface area contributed by atoms with Crippen LogP contribution in [0.4, 0.5) is 0 Å². The summed E-state index contributed by atoms with van der Waals surface area (Å²) in [6.07, 6.45) is 0. The molecule has 0 unspecified atom stereocenters. The Bertz CT molecular complexity index is 299. The molecule has 2 nitrogen and oxygen atoms in total. The van der Waals surface area contributed by atoms with Crippen molar-refractivity contribution in [3.63, 3.8) is 0 Å². The fourth-order valence-corrected chi connectivity index (χ4v) is 2.97. The highest BCUT2D eigenvalue weighted by Crippen LogP contribution is 2.20. The molecular weight excluding hydrogens is 284 g/mol. The van der Waals surface area contributed by atoms with Crippen molar-refractivity contribution in [2.75, 3.05) is 26.7 Å². The third kappa shape index (κ3) is 5.99. The van der Waals surface area contributed by atoms with Crippen LogP contribution in [0.15, 0.2) is 15.9 Å². The summed E-state index contributed by atoms with van der Waals surface area (Å²) in [7, 11) is 2.17. The number of halogens is 1. The zero-order valence-corrected chi connectivity index (χ0v) is 12.7. The number of nitrogens with one attached hydrogen (secondary N) is 1. The molecule has 0 aliphatic heterocycles. The second-order valence-corrected chi connectivity index (χ2v) is 6.48. The molecule has 0 aromatic carbocycles. The smallest absolute Gasteiger partial charge is 0.0325 e. The van der Waals surface area contributed by atoms with Gasteiger partial charge in [0.2, 0.25) is 0 Å². The SMILES string of the molecule is CC(C)CNCCN(C)Cc1cc(Br)cs1. The van der Waals surface area contributed by atoms with Crippen LogP contribution < -0.4 is 5.32 Å². The average Bonchev–Trinajstić information content (AvgIpc) is 2.58. The van der Waals surface area contributed by atoms with Gasteiger partial charge in [-0.1, -0.05) is 13.8 Å². The summed E-state index contributed by atoms with van der Waals surface area (Å²) >= 11 is 5.29. The molecule has 1 heterocycles. The van der Waals surface area contributed by atoms with Crippen molar-refractivity contribution in [3.05, 3.63) is 20.8 Å². The van der Waals surface area contributed by atoms with Crippen molar-refractivity contribution in [2.24, 2.45) is 5.92 Å². The van der Waals surface area contributed by atoms with Crippen LogP contribution in [0.25, 0.3) is 0 Å². The highest BCUT2D eigenvalue weighted by Gasteiger charge is 2.02. The summed E-state index contributed by atoms with van der Waals surface area (Å²) in [5, 5.41) is 5.60. The Balaban J connectivity index is 2.13. The van der Waals surface area contributed by atoms with Gasteiger partial charge in [-0.2, -0.15) is 0 Å². The molecule has 0 saturated heterocycles. The van der Waals surface area contributed by atoms with Crippen LogP contribution in [-0.4, -0.2) is 31.6 Å². The third-order valence-corrected chi connectivity index (χ3v) is 3.95. The number of likely N-dealkylation sites (N-methyl/N-ethyl adjacent to an activating group) is 1. The van der Waals surface area contributed by atoms with Crippen LogP contribution in [-0.2, 0) is 6.54 Å². The van der Waals surface area contributed by atoms with Gasteiger partial charge in [0.1, 0.15) is 0 Å². The van der Waals surface area contributed by atoms with E-state index in [0.717, 1.165) is 32.1 Å². The highest BCUT2D eigenvalue weighted by molar-refractivity contribution is 9.10. The standard InChI is InChI=1S/C12H21BrN2S/c1-10(2)7-14-4-5-15(3)8-12-6-11(13)9-16-12/h6,9-10,14H,4-5,7-8H2,1-3H3.